The van der Waals surface area contributed by atoms with Gasteiger partial charge in [-0.2, -0.15) is 15.0 Å². The highest BCUT2D eigenvalue weighted by Gasteiger charge is 2.10. The van der Waals surface area contributed by atoms with E-state index in [2.05, 4.69) is 20.3 Å². The summed E-state index contributed by atoms with van der Waals surface area (Å²) in [5, 5.41) is 3.17. The molecule has 7 heteroatoms. The van der Waals surface area contributed by atoms with Gasteiger partial charge in [0.15, 0.2) is 0 Å². The largest absolute Gasteiger partial charge is 0.350 e. The van der Waals surface area contributed by atoms with Gasteiger partial charge in [-0.15, -0.1) is 0 Å². The molecule has 0 saturated heterocycles. The first-order valence-corrected chi connectivity index (χ1v) is 7.15. The molecule has 1 aromatic carbocycles. The normalized spacial score (nSPS) is 10.5. The minimum Gasteiger partial charge on any atom is -0.350 e. The van der Waals surface area contributed by atoms with Crippen molar-refractivity contribution in [3.8, 4) is 0 Å². The average Bonchev–Trinajstić information content (AvgIpc) is 2.46. The molecule has 0 bridgehead atoms. The van der Waals surface area contributed by atoms with E-state index in [-0.39, 0.29) is 11.1 Å². The molecule has 0 spiro atoms. The fourth-order valence-electron chi connectivity index (χ4n) is 1.89. The third kappa shape index (κ3) is 4.26. The Balaban J connectivity index is 2.13. The van der Waals surface area contributed by atoms with Crippen molar-refractivity contribution in [2.75, 3.05) is 23.3 Å². The zero-order valence-corrected chi connectivity index (χ0v) is 12.7. The quantitative estimate of drug-likeness (QED) is 0.888. The molecule has 21 heavy (non-hydrogen) atoms. The fourth-order valence-corrected chi connectivity index (χ4v) is 2.05. The number of halogens is 2. The topological polar surface area (TPSA) is 53.9 Å². The van der Waals surface area contributed by atoms with Crippen molar-refractivity contribution in [2.45, 2.75) is 20.4 Å². The highest BCUT2D eigenvalue weighted by molar-refractivity contribution is 6.28. The van der Waals surface area contributed by atoms with Crippen LogP contribution in [0.2, 0.25) is 5.28 Å². The lowest BCUT2D eigenvalue weighted by Gasteiger charge is -2.18. The number of nitrogens with one attached hydrogen (secondary N) is 1. The molecule has 0 aliphatic rings. The van der Waals surface area contributed by atoms with Crippen LogP contribution in [0.5, 0.6) is 0 Å². The molecule has 0 fully saturated rings. The number of aromatic nitrogens is 3. The SMILES string of the molecule is CCN(CC)c1nc(Cl)nc(NCc2cccc(F)c2)n1. The summed E-state index contributed by atoms with van der Waals surface area (Å²) in [7, 11) is 0. The van der Waals surface area contributed by atoms with Crippen LogP contribution in [0.15, 0.2) is 24.3 Å². The van der Waals surface area contributed by atoms with Crippen LogP contribution in [-0.4, -0.2) is 28.0 Å². The van der Waals surface area contributed by atoms with Crippen LogP contribution in [0, 0.1) is 5.82 Å². The van der Waals surface area contributed by atoms with E-state index in [1.54, 1.807) is 6.07 Å². The number of rotatable bonds is 6. The summed E-state index contributed by atoms with van der Waals surface area (Å²) in [4.78, 5) is 14.4. The summed E-state index contributed by atoms with van der Waals surface area (Å²) < 4.78 is 13.1. The summed E-state index contributed by atoms with van der Waals surface area (Å²) in [6, 6.07) is 6.35. The predicted octanol–water partition coefficient (Wildman–Crippen LogP) is 3.12. The van der Waals surface area contributed by atoms with Crippen LogP contribution in [0.1, 0.15) is 19.4 Å². The van der Waals surface area contributed by atoms with Gasteiger partial charge >= 0.3 is 0 Å². The lowest BCUT2D eigenvalue weighted by atomic mass is 10.2. The van der Waals surface area contributed by atoms with Gasteiger partial charge in [0.25, 0.3) is 0 Å². The summed E-state index contributed by atoms with van der Waals surface area (Å²) in [5.74, 6) is 0.634. The minimum atomic E-state index is -0.271. The molecule has 5 nitrogen and oxygen atoms in total. The maximum absolute atomic E-state index is 13.1. The molecular formula is C14H17ClFN5. The molecule has 1 N–H and O–H groups in total. The summed E-state index contributed by atoms with van der Waals surface area (Å²) in [6.45, 7) is 6.00. The van der Waals surface area contributed by atoms with Crippen molar-refractivity contribution < 1.29 is 4.39 Å². The van der Waals surface area contributed by atoms with Crippen LogP contribution in [0.25, 0.3) is 0 Å². The molecule has 0 aliphatic carbocycles. The van der Waals surface area contributed by atoms with Gasteiger partial charge in [0.2, 0.25) is 17.2 Å². The van der Waals surface area contributed by atoms with Crippen molar-refractivity contribution in [1.29, 1.82) is 0 Å². The average molecular weight is 310 g/mol. The maximum atomic E-state index is 13.1. The lowest BCUT2D eigenvalue weighted by molar-refractivity contribution is 0.626. The van der Waals surface area contributed by atoms with Crippen LogP contribution in [0.3, 0.4) is 0 Å². The fraction of sp³-hybridized carbons (Fsp3) is 0.357. The molecule has 2 rings (SSSR count). The minimum absolute atomic E-state index is 0.133. The second-order valence-corrected chi connectivity index (χ2v) is 4.72. The Morgan fingerprint density at radius 2 is 1.95 bits per heavy atom. The first-order valence-electron chi connectivity index (χ1n) is 6.77. The van der Waals surface area contributed by atoms with Gasteiger partial charge in [-0.05, 0) is 43.1 Å². The molecule has 0 amide bonds. The van der Waals surface area contributed by atoms with Crippen LogP contribution >= 0.6 is 11.6 Å². The van der Waals surface area contributed by atoms with Crippen molar-refractivity contribution in [1.82, 2.24) is 15.0 Å². The molecule has 2 aromatic rings. The molecule has 1 heterocycles. The van der Waals surface area contributed by atoms with Crippen molar-refractivity contribution in [3.05, 3.63) is 40.9 Å². The van der Waals surface area contributed by atoms with E-state index in [4.69, 9.17) is 11.6 Å². The molecule has 1 aromatic heterocycles. The molecule has 0 saturated carbocycles. The highest BCUT2D eigenvalue weighted by Crippen LogP contribution is 2.14. The Hall–Kier alpha value is -1.95. The summed E-state index contributed by atoms with van der Waals surface area (Å²) in [6.07, 6.45) is 0. The Morgan fingerprint density at radius 3 is 2.62 bits per heavy atom. The van der Waals surface area contributed by atoms with E-state index in [0.717, 1.165) is 18.7 Å². The standard InChI is InChI=1S/C14H17ClFN5/c1-3-21(4-2)14-19-12(15)18-13(20-14)17-9-10-6-5-7-11(16)8-10/h5-8H,3-4,9H2,1-2H3,(H,17,18,19,20). The smallest absolute Gasteiger partial charge is 0.231 e. The van der Waals surface area contributed by atoms with Gasteiger partial charge in [-0.1, -0.05) is 12.1 Å². The number of hydrogen-bond acceptors (Lipinski definition) is 5. The monoisotopic (exact) mass is 309 g/mol. The second-order valence-electron chi connectivity index (χ2n) is 4.38. The second kappa shape index (κ2) is 7.17. The van der Waals surface area contributed by atoms with E-state index in [1.807, 2.05) is 24.8 Å². The molecule has 0 atom stereocenters. The van der Waals surface area contributed by atoms with Gasteiger partial charge in [-0.25, -0.2) is 4.39 Å². The Labute approximate surface area is 128 Å². The van der Waals surface area contributed by atoms with Crippen LogP contribution in [-0.2, 0) is 6.54 Å². The maximum Gasteiger partial charge on any atom is 0.231 e. The van der Waals surface area contributed by atoms with Gasteiger partial charge in [0.05, 0.1) is 0 Å². The van der Waals surface area contributed by atoms with E-state index >= 15 is 0 Å². The van der Waals surface area contributed by atoms with Crippen molar-refractivity contribution in [3.63, 3.8) is 0 Å². The molecule has 0 radical (unpaired) electrons. The van der Waals surface area contributed by atoms with Gasteiger partial charge in [0.1, 0.15) is 5.82 Å². The van der Waals surface area contributed by atoms with E-state index in [1.165, 1.54) is 12.1 Å². The lowest BCUT2D eigenvalue weighted by Crippen LogP contribution is -2.25. The van der Waals surface area contributed by atoms with Gasteiger partial charge < -0.3 is 10.2 Å². The Bertz CT molecular complexity index is 604. The van der Waals surface area contributed by atoms with Crippen LogP contribution < -0.4 is 10.2 Å². The number of hydrogen-bond donors (Lipinski definition) is 1. The van der Waals surface area contributed by atoms with E-state index in [9.17, 15) is 4.39 Å². The third-order valence-electron chi connectivity index (χ3n) is 2.98. The number of benzene rings is 1. The highest BCUT2D eigenvalue weighted by atomic mass is 35.5. The van der Waals surface area contributed by atoms with Crippen LogP contribution in [0.4, 0.5) is 16.3 Å². The zero-order chi connectivity index (χ0) is 15.2. The van der Waals surface area contributed by atoms with E-state index < -0.39 is 0 Å². The van der Waals surface area contributed by atoms with Gasteiger partial charge in [0, 0.05) is 19.6 Å². The summed E-state index contributed by atoms with van der Waals surface area (Å²) >= 11 is 5.93. The number of anilines is 2. The molecule has 112 valence electrons. The Morgan fingerprint density at radius 1 is 1.19 bits per heavy atom. The number of nitrogens with zero attached hydrogens (tertiary/aromatic N) is 4. The molecular weight excluding hydrogens is 293 g/mol. The Kier molecular flexibility index (Phi) is 5.27. The first-order chi connectivity index (χ1) is 10.1. The zero-order valence-electron chi connectivity index (χ0n) is 12.0. The molecule has 0 unspecified atom stereocenters. The third-order valence-corrected chi connectivity index (χ3v) is 3.15. The van der Waals surface area contributed by atoms with Crippen molar-refractivity contribution in [2.24, 2.45) is 0 Å². The molecule has 0 aliphatic heterocycles. The first kappa shape index (κ1) is 15.4. The van der Waals surface area contributed by atoms with Gasteiger partial charge in [-0.3, -0.25) is 0 Å². The summed E-state index contributed by atoms with van der Waals surface area (Å²) in [5.41, 5.74) is 0.802. The van der Waals surface area contributed by atoms with E-state index in [0.29, 0.717) is 18.4 Å². The van der Waals surface area contributed by atoms with Crippen molar-refractivity contribution >= 4 is 23.5 Å². The predicted molar refractivity (Wildman–Crippen MR) is 82.1 cm³/mol.